The molecule has 0 atom stereocenters. The quantitative estimate of drug-likeness (QED) is 0.780. The van der Waals surface area contributed by atoms with E-state index in [1.54, 1.807) is 26.0 Å². The Kier molecular flexibility index (Phi) is 4.66. The molecule has 1 aromatic heterocycles. The van der Waals surface area contributed by atoms with Crippen molar-refractivity contribution in [2.24, 2.45) is 0 Å². The number of halogens is 1. The van der Waals surface area contributed by atoms with Crippen molar-refractivity contribution in [2.75, 3.05) is 11.9 Å². The molecule has 1 fully saturated rings. The second-order valence-corrected chi connectivity index (χ2v) is 7.76. The minimum Gasteiger partial charge on any atom is -0.324 e. The van der Waals surface area contributed by atoms with Gasteiger partial charge in [0.15, 0.2) is 5.13 Å². The molecule has 2 heterocycles. The van der Waals surface area contributed by atoms with E-state index in [-0.39, 0.29) is 24.8 Å². The van der Waals surface area contributed by atoms with Crippen LogP contribution < -0.4 is 10.6 Å². The lowest BCUT2D eigenvalue weighted by atomic mass is 10.1. The van der Waals surface area contributed by atoms with Crippen molar-refractivity contribution in [2.45, 2.75) is 32.2 Å². The van der Waals surface area contributed by atoms with Crippen LogP contribution in [0.4, 0.5) is 9.93 Å². The summed E-state index contributed by atoms with van der Waals surface area (Å²) in [6.45, 7) is 3.51. The number of imide groups is 1. The predicted molar refractivity (Wildman–Crippen MR) is 96.8 cm³/mol. The summed E-state index contributed by atoms with van der Waals surface area (Å²) in [6, 6.07) is 4.94. The zero-order valence-corrected chi connectivity index (χ0v) is 15.3. The Hall–Kier alpha value is -2.19. The summed E-state index contributed by atoms with van der Waals surface area (Å²) in [5.41, 5.74) is -0.156. The molecule has 25 heavy (non-hydrogen) atoms. The van der Waals surface area contributed by atoms with Gasteiger partial charge in [-0.15, -0.1) is 0 Å². The van der Waals surface area contributed by atoms with Crippen LogP contribution in [0.1, 0.15) is 26.7 Å². The number of fused-ring (bicyclic) bond motifs is 1. The van der Waals surface area contributed by atoms with Crippen molar-refractivity contribution < 1.29 is 14.4 Å². The third kappa shape index (κ3) is 3.74. The van der Waals surface area contributed by atoms with Gasteiger partial charge in [-0.2, -0.15) is 0 Å². The van der Waals surface area contributed by atoms with Gasteiger partial charge in [-0.05, 0) is 38.5 Å². The van der Waals surface area contributed by atoms with E-state index in [4.69, 9.17) is 11.6 Å². The van der Waals surface area contributed by atoms with Crippen LogP contribution in [-0.4, -0.2) is 39.8 Å². The average molecular weight is 381 g/mol. The molecular weight excluding hydrogens is 364 g/mol. The SMILES string of the molecule is CC1(C)NC(=O)N(CCCC(=O)Nc2nc3cc(Cl)ccc3s2)C1=O. The van der Waals surface area contributed by atoms with E-state index in [0.717, 1.165) is 15.1 Å². The highest BCUT2D eigenvalue weighted by atomic mass is 35.5. The number of amides is 4. The van der Waals surface area contributed by atoms with E-state index in [2.05, 4.69) is 15.6 Å². The number of benzene rings is 1. The molecule has 0 saturated carbocycles. The Morgan fingerprint density at radius 2 is 2.16 bits per heavy atom. The summed E-state index contributed by atoms with van der Waals surface area (Å²) in [6.07, 6.45) is 0.575. The van der Waals surface area contributed by atoms with Crippen molar-refractivity contribution >= 4 is 56.1 Å². The molecule has 0 spiro atoms. The zero-order chi connectivity index (χ0) is 18.2. The van der Waals surface area contributed by atoms with Crippen LogP contribution in [0.5, 0.6) is 0 Å². The summed E-state index contributed by atoms with van der Waals surface area (Å²) in [4.78, 5) is 41.3. The van der Waals surface area contributed by atoms with E-state index < -0.39 is 11.6 Å². The number of carbonyl (C=O) groups excluding carboxylic acids is 3. The number of carbonyl (C=O) groups is 3. The van der Waals surface area contributed by atoms with Crippen LogP contribution in [0.15, 0.2) is 18.2 Å². The summed E-state index contributed by atoms with van der Waals surface area (Å²) < 4.78 is 0.932. The zero-order valence-electron chi connectivity index (χ0n) is 13.8. The molecule has 3 rings (SSSR count). The fraction of sp³-hybridized carbons (Fsp3) is 0.375. The third-order valence-corrected chi connectivity index (χ3v) is 5.01. The van der Waals surface area contributed by atoms with E-state index in [1.807, 2.05) is 6.07 Å². The predicted octanol–water partition coefficient (Wildman–Crippen LogP) is 3.00. The molecule has 1 aliphatic heterocycles. The first-order valence-electron chi connectivity index (χ1n) is 7.76. The fourth-order valence-electron chi connectivity index (χ4n) is 2.55. The van der Waals surface area contributed by atoms with Crippen LogP contribution in [0.2, 0.25) is 5.02 Å². The maximum atomic E-state index is 12.1. The smallest absolute Gasteiger partial charge is 0.324 e. The Morgan fingerprint density at radius 3 is 2.84 bits per heavy atom. The lowest BCUT2D eigenvalue weighted by Crippen LogP contribution is -2.40. The molecule has 4 amide bonds. The first-order valence-corrected chi connectivity index (χ1v) is 8.96. The lowest BCUT2D eigenvalue weighted by molar-refractivity contribution is -0.130. The van der Waals surface area contributed by atoms with Crippen molar-refractivity contribution in [1.29, 1.82) is 0 Å². The van der Waals surface area contributed by atoms with Crippen LogP contribution in [0.25, 0.3) is 10.2 Å². The summed E-state index contributed by atoms with van der Waals surface area (Å²) in [7, 11) is 0. The number of hydrogen-bond acceptors (Lipinski definition) is 5. The van der Waals surface area contributed by atoms with E-state index in [1.165, 1.54) is 11.3 Å². The Bertz CT molecular complexity index is 864. The number of urea groups is 1. The van der Waals surface area contributed by atoms with Gasteiger partial charge in [0.25, 0.3) is 5.91 Å². The number of rotatable bonds is 5. The molecular formula is C16H17ClN4O3S. The number of aromatic nitrogens is 1. The molecule has 1 saturated heterocycles. The number of nitrogens with zero attached hydrogens (tertiary/aromatic N) is 2. The van der Waals surface area contributed by atoms with Gasteiger partial charge in [0.2, 0.25) is 5.91 Å². The summed E-state index contributed by atoms with van der Waals surface area (Å²) in [5, 5.41) is 6.43. The number of anilines is 1. The van der Waals surface area contributed by atoms with E-state index >= 15 is 0 Å². The molecule has 0 radical (unpaired) electrons. The third-order valence-electron chi connectivity index (χ3n) is 3.83. The molecule has 132 valence electrons. The monoisotopic (exact) mass is 380 g/mol. The topological polar surface area (TPSA) is 91.4 Å². The molecule has 0 unspecified atom stereocenters. The Morgan fingerprint density at radius 1 is 1.40 bits per heavy atom. The van der Waals surface area contributed by atoms with E-state index in [0.29, 0.717) is 16.6 Å². The molecule has 0 bridgehead atoms. The largest absolute Gasteiger partial charge is 0.325 e. The highest BCUT2D eigenvalue weighted by Gasteiger charge is 2.43. The molecule has 2 aromatic rings. The van der Waals surface area contributed by atoms with Gasteiger partial charge in [-0.1, -0.05) is 22.9 Å². The van der Waals surface area contributed by atoms with Gasteiger partial charge in [-0.25, -0.2) is 9.78 Å². The number of nitrogens with one attached hydrogen (secondary N) is 2. The van der Waals surface area contributed by atoms with Crippen LogP contribution in [0.3, 0.4) is 0 Å². The Balaban J connectivity index is 1.53. The molecule has 1 aliphatic rings. The number of thiazole rings is 1. The van der Waals surface area contributed by atoms with Gasteiger partial charge in [-0.3, -0.25) is 14.5 Å². The maximum absolute atomic E-state index is 12.1. The van der Waals surface area contributed by atoms with Gasteiger partial charge in [0.05, 0.1) is 10.2 Å². The summed E-state index contributed by atoms with van der Waals surface area (Å²) >= 11 is 7.28. The molecule has 2 N–H and O–H groups in total. The summed E-state index contributed by atoms with van der Waals surface area (Å²) in [5.74, 6) is -0.488. The fourth-order valence-corrected chi connectivity index (χ4v) is 3.58. The average Bonchev–Trinajstić information content (AvgIpc) is 2.99. The minimum absolute atomic E-state index is 0.189. The highest BCUT2D eigenvalue weighted by molar-refractivity contribution is 7.22. The molecule has 7 nitrogen and oxygen atoms in total. The second-order valence-electron chi connectivity index (χ2n) is 6.29. The number of hydrogen-bond donors (Lipinski definition) is 2. The van der Waals surface area contributed by atoms with Crippen LogP contribution in [0, 0.1) is 0 Å². The first kappa shape index (κ1) is 17.6. The van der Waals surface area contributed by atoms with Crippen molar-refractivity contribution in [1.82, 2.24) is 15.2 Å². The van der Waals surface area contributed by atoms with Gasteiger partial charge in [0.1, 0.15) is 5.54 Å². The molecule has 1 aromatic carbocycles. The Labute approximate surface area is 153 Å². The lowest BCUT2D eigenvalue weighted by Gasteiger charge is -2.15. The van der Waals surface area contributed by atoms with Crippen LogP contribution in [-0.2, 0) is 9.59 Å². The molecule has 9 heteroatoms. The second kappa shape index (κ2) is 6.61. The molecule has 0 aliphatic carbocycles. The minimum atomic E-state index is -0.887. The van der Waals surface area contributed by atoms with Gasteiger partial charge in [0, 0.05) is 18.0 Å². The van der Waals surface area contributed by atoms with E-state index in [9.17, 15) is 14.4 Å². The van der Waals surface area contributed by atoms with Crippen LogP contribution >= 0.6 is 22.9 Å². The van der Waals surface area contributed by atoms with Crippen molar-refractivity contribution in [3.63, 3.8) is 0 Å². The van der Waals surface area contributed by atoms with Crippen molar-refractivity contribution in [3.8, 4) is 0 Å². The normalized spacial score (nSPS) is 16.4. The highest BCUT2D eigenvalue weighted by Crippen LogP contribution is 2.28. The van der Waals surface area contributed by atoms with Gasteiger partial charge < -0.3 is 10.6 Å². The van der Waals surface area contributed by atoms with Crippen molar-refractivity contribution in [3.05, 3.63) is 23.2 Å². The van der Waals surface area contributed by atoms with Gasteiger partial charge >= 0.3 is 6.03 Å². The maximum Gasteiger partial charge on any atom is 0.325 e. The standard InChI is InChI=1S/C16H17ClN4O3S/c1-16(2)13(23)21(15(24)20-16)7-3-4-12(22)19-14-18-10-8-9(17)5-6-11(10)25-14/h5-6,8H,3-4,7H2,1-2H3,(H,20,24)(H,18,19,22). The first-order chi connectivity index (χ1) is 11.8.